The second-order valence-corrected chi connectivity index (χ2v) is 13.0. The van der Waals surface area contributed by atoms with Crippen molar-refractivity contribution in [2.45, 2.75) is 0 Å². The summed E-state index contributed by atoms with van der Waals surface area (Å²) in [7, 11) is 63.2. The number of hydrogen-bond acceptors (Lipinski definition) is 4. The lowest BCUT2D eigenvalue weighted by Gasteiger charge is -2.22. The SMILES string of the molecule is [B]c1c([B])c([B])c(-c2nc(-c3ccc4oc5cccc(-n6c7ccccc7c7ccccc76)c5c4c3)nc(-c3c([B])c([B])c([B])c([B])c3[B])n2)c([B])c1[B]. The maximum Gasteiger partial charge on any atom is 0.164 e. The third-order valence-corrected chi connectivity index (χ3v) is 10.0. The van der Waals surface area contributed by atoms with Crippen LogP contribution in [0.15, 0.2) is 89.3 Å². The van der Waals surface area contributed by atoms with Crippen molar-refractivity contribution in [3.63, 3.8) is 0 Å². The zero-order valence-electron chi connectivity index (χ0n) is 28.6. The number of nitrogens with zero attached hydrogens (tertiary/aromatic N) is 4. The van der Waals surface area contributed by atoms with Gasteiger partial charge in [0.25, 0.3) is 0 Å². The van der Waals surface area contributed by atoms with E-state index in [9.17, 15) is 0 Å². The molecule has 0 amide bonds. The summed E-state index contributed by atoms with van der Waals surface area (Å²) in [6, 6.07) is 28.2. The largest absolute Gasteiger partial charge is 0.456 e. The van der Waals surface area contributed by atoms with Gasteiger partial charge in [-0.3, -0.25) is 0 Å². The smallest absolute Gasteiger partial charge is 0.164 e. The minimum Gasteiger partial charge on any atom is -0.456 e. The maximum absolute atomic E-state index is 6.49. The van der Waals surface area contributed by atoms with Gasteiger partial charge in [0.2, 0.25) is 0 Å². The van der Waals surface area contributed by atoms with Crippen molar-refractivity contribution in [1.29, 1.82) is 0 Å². The van der Waals surface area contributed by atoms with E-state index in [0.717, 1.165) is 38.3 Å². The van der Waals surface area contributed by atoms with Crippen molar-refractivity contribution in [1.82, 2.24) is 19.5 Å². The molecule has 0 N–H and O–H groups in total. The first-order valence-electron chi connectivity index (χ1n) is 16.7. The summed E-state index contributed by atoms with van der Waals surface area (Å²) < 4.78 is 8.67. The Morgan fingerprint density at radius 2 is 0.870 bits per heavy atom. The summed E-state index contributed by atoms with van der Waals surface area (Å²) >= 11 is 0. The number of fused-ring (bicyclic) bond motifs is 6. The highest BCUT2D eigenvalue weighted by molar-refractivity contribution is 6.69. The second kappa shape index (κ2) is 12.6. The summed E-state index contributed by atoms with van der Waals surface area (Å²) in [6.45, 7) is 0. The molecule has 3 heterocycles. The molecule has 15 heteroatoms. The Bertz CT molecular complexity index is 2880. The van der Waals surface area contributed by atoms with Gasteiger partial charge in [-0.25, -0.2) is 15.0 Å². The van der Waals surface area contributed by atoms with Crippen molar-refractivity contribution in [3.05, 3.63) is 84.9 Å². The van der Waals surface area contributed by atoms with E-state index in [1.807, 2.05) is 54.6 Å². The van der Waals surface area contributed by atoms with Gasteiger partial charge in [0.1, 0.15) is 89.6 Å². The topological polar surface area (TPSA) is 56.7 Å². The number of rotatable bonds is 4. The Balaban J connectivity index is 1.34. The molecule has 20 radical (unpaired) electrons. The molecule has 0 unspecified atom stereocenters. The van der Waals surface area contributed by atoms with E-state index in [2.05, 4.69) is 34.9 Å². The van der Waals surface area contributed by atoms with Crippen LogP contribution in [0, 0.1) is 0 Å². The third-order valence-electron chi connectivity index (χ3n) is 10.0. The molecule has 54 heavy (non-hydrogen) atoms. The summed E-state index contributed by atoms with van der Waals surface area (Å²) in [4.78, 5) is 14.4. The number of para-hydroxylation sites is 2. The molecule has 0 aliphatic rings. The van der Waals surface area contributed by atoms with Gasteiger partial charge in [0.15, 0.2) is 17.5 Å². The Kier molecular flexibility index (Phi) is 8.00. The fourth-order valence-electron chi connectivity index (χ4n) is 7.23. The molecule has 0 atom stereocenters. The maximum atomic E-state index is 6.49. The quantitative estimate of drug-likeness (QED) is 0.201. The molecule has 5 nitrogen and oxygen atoms in total. The number of furan rings is 1. The molecule has 3 aromatic heterocycles. The van der Waals surface area contributed by atoms with Gasteiger partial charge in [0.05, 0.1) is 22.1 Å². The van der Waals surface area contributed by atoms with Gasteiger partial charge in [-0.2, -0.15) is 0 Å². The van der Waals surface area contributed by atoms with Gasteiger partial charge >= 0.3 is 0 Å². The van der Waals surface area contributed by atoms with Crippen molar-refractivity contribution in [2.24, 2.45) is 0 Å². The van der Waals surface area contributed by atoms with Crippen LogP contribution in [0.3, 0.4) is 0 Å². The van der Waals surface area contributed by atoms with Crippen molar-refractivity contribution < 1.29 is 4.42 Å². The van der Waals surface area contributed by atoms with Gasteiger partial charge in [0, 0.05) is 32.8 Å². The van der Waals surface area contributed by atoms with E-state index in [0.29, 0.717) is 16.7 Å². The van der Waals surface area contributed by atoms with Crippen LogP contribution >= 0.6 is 0 Å². The van der Waals surface area contributed by atoms with Crippen LogP contribution in [0.2, 0.25) is 0 Å². The van der Waals surface area contributed by atoms with Crippen molar-refractivity contribution in [3.8, 4) is 39.9 Å². The average Bonchev–Trinajstić information content (AvgIpc) is 3.73. The number of aromatic nitrogens is 4. The Hall–Kier alpha value is -5.42. The highest BCUT2D eigenvalue weighted by Crippen LogP contribution is 2.39. The Labute approximate surface area is 324 Å². The van der Waals surface area contributed by atoms with Gasteiger partial charge in [-0.15, -0.1) is 32.8 Å². The van der Waals surface area contributed by atoms with Crippen LogP contribution in [0.4, 0.5) is 0 Å². The minimum atomic E-state index is 0.0132. The van der Waals surface area contributed by atoms with E-state index in [4.69, 9.17) is 97.8 Å². The molecule has 0 spiro atoms. The monoisotopic (exact) mass is 664 g/mol. The van der Waals surface area contributed by atoms with Crippen LogP contribution < -0.4 is 54.6 Å². The number of benzene rings is 6. The predicted octanol–water partition coefficient (Wildman–Crippen LogP) is -2.19. The van der Waals surface area contributed by atoms with Crippen molar-refractivity contribution in [2.75, 3.05) is 0 Å². The first kappa shape index (κ1) is 34.4. The van der Waals surface area contributed by atoms with E-state index < -0.39 is 0 Å². The van der Waals surface area contributed by atoms with Gasteiger partial charge in [-0.05, 0) is 42.5 Å². The summed E-state index contributed by atoms with van der Waals surface area (Å²) in [6.07, 6.45) is 0. The van der Waals surface area contributed by atoms with Crippen LogP contribution in [0.1, 0.15) is 0 Å². The van der Waals surface area contributed by atoms with Gasteiger partial charge in [-0.1, -0.05) is 64.3 Å². The molecule has 0 aliphatic carbocycles. The zero-order chi connectivity index (χ0) is 37.7. The van der Waals surface area contributed by atoms with E-state index in [1.54, 1.807) is 0 Å². The fraction of sp³-hybridized carbons (Fsp3) is 0. The van der Waals surface area contributed by atoms with Crippen molar-refractivity contribution >= 4 is 177 Å². The minimum absolute atomic E-state index is 0.0132. The normalized spacial score (nSPS) is 11.7. The van der Waals surface area contributed by atoms with Gasteiger partial charge < -0.3 is 8.98 Å². The lowest BCUT2D eigenvalue weighted by atomic mass is 9.60. The zero-order valence-corrected chi connectivity index (χ0v) is 28.6. The van der Waals surface area contributed by atoms with E-state index >= 15 is 0 Å². The molecule has 0 bridgehead atoms. The lowest BCUT2D eigenvalue weighted by molar-refractivity contribution is 0.669. The van der Waals surface area contributed by atoms with Crippen LogP contribution in [-0.2, 0) is 0 Å². The predicted molar refractivity (Wildman–Crippen MR) is 232 cm³/mol. The van der Waals surface area contributed by atoms with Crippen LogP contribution in [0.5, 0.6) is 0 Å². The van der Waals surface area contributed by atoms with E-state index in [1.165, 1.54) is 0 Å². The summed E-state index contributed by atoms with van der Waals surface area (Å²) in [5.41, 5.74) is 5.46. The Morgan fingerprint density at radius 3 is 1.39 bits per heavy atom. The molecule has 9 rings (SSSR count). The molecule has 0 saturated heterocycles. The lowest BCUT2D eigenvalue weighted by Crippen LogP contribution is -2.55. The number of hydrogen-bond donors (Lipinski definition) is 0. The van der Waals surface area contributed by atoms with Crippen LogP contribution in [-0.4, -0.2) is 98.0 Å². The fourth-order valence-corrected chi connectivity index (χ4v) is 7.23. The molecule has 6 aromatic carbocycles. The Morgan fingerprint density at radius 1 is 0.407 bits per heavy atom. The third kappa shape index (κ3) is 4.97. The molecule has 0 fully saturated rings. The molecule has 226 valence electrons. The molecular weight excluding hydrogens is 649 g/mol. The first-order chi connectivity index (χ1) is 26.0. The highest BCUT2D eigenvalue weighted by atomic mass is 16.3. The van der Waals surface area contributed by atoms with E-state index in [-0.39, 0.29) is 83.2 Å². The summed E-state index contributed by atoms with van der Waals surface area (Å²) in [5.74, 6) is 0.222. The molecular formula is C39H14B10N4O. The average molecular weight is 663 g/mol. The summed E-state index contributed by atoms with van der Waals surface area (Å²) in [5, 5.41) is 3.96. The molecule has 0 saturated carbocycles. The molecule has 0 aliphatic heterocycles. The second-order valence-electron chi connectivity index (χ2n) is 13.0. The highest BCUT2D eigenvalue weighted by Gasteiger charge is 2.23. The molecule has 9 aromatic rings. The first-order valence-corrected chi connectivity index (χ1v) is 16.7. The standard InChI is InChI=1S/C39H14B10N4O/c40-27-25(28(41)32(45)35(48)31(27)44)38-50-37(51-39(52-38)26-29(42)33(46)36(49)34(47)30(26)43)15-12-13-22-18(14-15)24-21(10-5-11-23(24)54-22)53-19-8-3-1-6-16(19)17-7-2-4-9-20(17)53/h1-14H. The van der Waals surface area contributed by atoms with Crippen LogP contribution in [0.25, 0.3) is 83.6 Å².